The Bertz CT molecular complexity index is 1080. The minimum atomic E-state index is -3.52. The molecule has 0 saturated heterocycles. The highest BCUT2D eigenvalue weighted by Gasteiger charge is 2.39. The van der Waals surface area contributed by atoms with Crippen molar-refractivity contribution in [2.45, 2.75) is 23.3 Å². The minimum absolute atomic E-state index is 0.0180. The van der Waals surface area contributed by atoms with E-state index in [1.54, 1.807) is 24.3 Å². The van der Waals surface area contributed by atoms with Crippen LogP contribution in [-0.4, -0.2) is 31.9 Å². The van der Waals surface area contributed by atoms with Gasteiger partial charge in [-0.05, 0) is 48.2 Å². The molecule has 2 aromatic rings. The number of nitrogens with zero attached hydrogens (tertiary/aromatic N) is 1. The Hall–Kier alpha value is -1.73. The Morgan fingerprint density at radius 2 is 1.89 bits per heavy atom. The Balaban J connectivity index is 1.82. The molecule has 3 unspecified atom stereocenters. The molecule has 0 spiro atoms. The van der Waals surface area contributed by atoms with Gasteiger partial charge in [-0.3, -0.25) is 0 Å². The van der Waals surface area contributed by atoms with E-state index >= 15 is 0 Å². The van der Waals surface area contributed by atoms with Gasteiger partial charge in [0, 0.05) is 36.3 Å². The first-order valence-corrected chi connectivity index (χ1v) is 11.1. The van der Waals surface area contributed by atoms with Crippen molar-refractivity contribution in [1.82, 2.24) is 4.31 Å². The van der Waals surface area contributed by atoms with E-state index in [0.717, 1.165) is 17.7 Å². The summed E-state index contributed by atoms with van der Waals surface area (Å²) >= 11 is 12.3. The number of phenols is 1. The lowest BCUT2D eigenvalue weighted by Gasteiger charge is -2.38. The quantitative estimate of drug-likeness (QED) is 0.676. The molecule has 1 heterocycles. The summed E-state index contributed by atoms with van der Waals surface area (Å²) in [6.07, 6.45) is 5.00. The molecule has 2 N–H and O–H groups in total. The van der Waals surface area contributed by atoms with E-state index in [1.165, 1.54) is 24.5 Å². The minimum Gasteiger partial charge on any atom is -0.506 e. The van der Waals surface area contributed by atoms with E-state index in [-0.39, 0.29) is 33.5 Å². The maximum absolute atomic E-state index is 12.5. The summed E-state index contributed by atoms with van der Waals surface area (Å²) in [4.78, 5) is 0.268. The smallest absolute Gasteiger partial charge is 0.242 e. The van der Waals surface area contributed by atoms with Gasteiger partial charge in [0.15, 0.2) is 0 Å². The first-order chi connectivity index (χ1) is 13.2. The van der Waals surface area contributed by atoms with Crippen LogP contribution in [0.25, 0.3) is 0 Å². The third kappa shape index (κ3) is 3.08. The predicted octanol–water partition coefficient (Wildman–Crippen LogP) is 4.78. The Morgan fingerprint density at radius 1 is 1.14 bits per heavy atom. The molecule has 2 aromatic carbocycles. The average Bonchev–Trinajstić information content (AvgIpc) is 3.13. The summed E-state index contributed by atoms with van der Waals surface area (Å²) in [7, 11) is -0.474. The molecule has 1 aliphatic carbocycles. The molecule has 1 aliphatic heterocycles. The lowest BCUT2D eigenvalue weighted by atomic mass is 9.77. The van der Waals surface area contributed by atoms with Gasteiger partial charge in [-0.1, -0.05) is 35.4 Å². The summed E-state index contributed by atoms with van der Waals surface area (Å²) in [6, 6.07) is 8.17. The summed E-state index contributed by atoms with van der Waals surface area (Å²) in [5, 5.41) is 14.7. The fraction of sp³-hybridized carbons (Fsp3) is 0.300. The second kappa shape index (κ2) is 6.95. The van der Waals surface area contributed by atoms with Crippen LogP contribution in [0, 0.1) is 5.92 Å². The van der Waals surface area contributed by atoms with Crippen molar-refractivity contribution in [3.63, 3.8) is 0 Å². The lowest BCUT2D eigenvalue weighted by Crippen LogP contribution is -2.30. The summed E-state index contributed by atoms with van der Waals surface area (Å²) in [5.41, 5.74) is 2.42. The number of anilines is 1. The van der Waals surface area contributed by atoms with Gasteiger partial charge in [0.2, 0.25) is 10.0 Å². The molecule has 2 aliphatic rings. The van der Waals surface area contributed by atoms with Crippen LogP contribution in [0.3, 0.4) is 0 Å². The van der Waals surface area contributed by atoms with Crippen LogP contribution in [0.2, 0.25) is 10.0 Å². The standard InChI is InChI=1S/C20H20Cl2N2O3S/c1-24(2)28(26,27)12-6-7-18-15(10-12)13-4-3-5-14(13)19(23-18)16-8-11(21)9-17(22)20(16)25/h3-4,6-10,13-14,19,23,25H,5H2,1-2H3. The highest BCUT2D eigenvalue weighted by molar-refractivity contribution is 7.89. The number of allylic oxidation sites excluding steroid dienone is 2. The van der Waals surface area contributed by atoms with E-state index in [9.17, 15) is 13.5 Å². The molecule has 8 heteroatoms. The highest BCUT2D eigenvalue weighted by atomic mass is 35.5. The van der Waals surface area contributed by atoms with E-state index in [0.29, 0.717) is 10.6 Å². The third-order valence-electron chi connectivity index (χ3n) is 5.51. The van der Waals surface area contributed by atoms with E-state index < -0.39 is 10.0 Å². The van der Waals surface area contributed by atoms with Crippen molar-refractivity contribution < 1.29 is 13.5 Å². The molecular weight excluding hydrogens is 419 g/mol. The number of hydrogen-bond acceptors (Lipinski definition) is 4. The molecule has 148 valence electrons. The van der Waals surface area contributed by atoms with Gasteiger partial charge in [0.05, 0.1) is 16.0 Å². The molecular formula is C20H20Cl2N2O3S. The zero-order chi connectivity index (χ0) is 20.2. The second-order valence-corrected chi connectivity index (χ2v) is 10.3. The van der Waals surface area contributed by atoms with E-state index in [4.69, 9.17) is 23.2 Å². The lowest BCUT2D eigenvalue weighted by molar-refractivity contribution is 0.402. The third-order valence-corrected chi connectivity index (χ3v) is 7.82. The maximum Gasteiger partial charge on any atom is 0.242 e. The summed E-state index contributed by atoms with van der Waals surface area (Å²) in [6.45, 7) is 0. The maximum atomic E-state index is 12.5. The van der Waals surface area contributed by atoms with Gasteiger partial charge in [-0.2, -0.15) is 0 Å². The molecule has 5 nitrogen and oxygen atoms in total. The number of benzene rings is 2. The van der Waals surface area contributed by atoms with Crippen molar-refractivity contribution in [2.24, 2.45) is 5.92 Å². The van der Waals surface area contributed by atoms with Crippen LogP contribution in [0.15, 0.2) is 47.4 Å². The van der Waals surface area contributed by atoms with Crippen LogP contribution < -0.4 is 5.32 Å². The topological polar surface area (TPSA) is 69.6 Å². The number of nitrogens with one attached hydrogen (secondary N) is 1. The monoisotopic (exact) mass is 438 g/mol. The number of sulfonamides is 1. The highest BCUT2D eigenvalue weighted by Crippen LogP contribution is 2.52. The number of hydrogen-bond donors (Lipinski definition) is 2. The van der Waals surface area contributed by atoms with Crippen LogP contribution in [0.4, 0.5) is 5.69 Å². The van der Waals surface area contributed by atoms with Gasteiger partial charge in [0.25, 0.3) is 0 Å². The molecule has 0 saturated carbocycles. The zero-order valence-corrected chi connectivity index (χ0v) is 17.7. The van der Waals surface area contributed by atoms with Crippen LogP contribution in [0.1, 0.15) is 29.5 Å². The van der Waals surface area contributed by atoms with Gasteiger partial charge < -0.3 is 10.4 Å². The van der Waals surface area contributed by atoms with Crippen molar-refractivity contribution in [3.05, 3.63) is 63.7 Å². The Kier molecular flexibility index (Phi) is 4.86. The fourth-order valence-electron chi connectivity index (χ4n) is 4.07. The first-order valence-electron chi connectivity index (χ1n) is 8.87. The SMILES string of the molecule is CN(C)S(=O)(=O)c1ccc2c(c1)C1C=CCC1C(c1cc(Cl)cc(Cl)c1O)N2. The van der Waals surface area contributed by atoms with Crippen molar-refractivity contribution in [3.8, 4) is 5.75 Å². The van der Waals surface area contributed by atoms with Gasteiger partial charge in [0.1, 0.15) is 5.75 Å². The molecule has 0 radical (unpaired) electrons. The van der Waals surface area contributed by atoms with E-state index in [2.05, 4.69) is 17.5 Å². The van der Waals surface area contributed by atoms with Gasteiger partial charge in [-0.25, -0.2) is 12.7 Å². The molecule has 28 heavy (non-hydrogen) atoms. The van der Waals surface area contributed by atoms with Crippen LogP contribution in [0.5, 0.6) is 5.75 Å². The molecule has 0 bridgehead atoms. The van der Waals surface area contributed by atoms with E-state index in [1.807, 2.05) is 0 Å². The van der Waals surface area contributed by atoms with Crippen molar-refractivity contribution >= 4 is 38.9 Å². The normalized spacial score (nSPS) is 23.4. The second-order valence-electron chi connectivity index (χ2n) is 7.34. The Morgan fingerprint density at radius 3 is 2.61 bits per heavy atom. The number of phenolic OH excluding ortho intramolecular Hbond substituents is 1. The Labute approximate surface area is 174 Å². The number of fused-ring (bicyclic) bond motifs is 3. The number of aromatic hydroxyl groups is 1. The molecule has 3 atom stereocenters. The molecule has 4 rings (SSSR count). The van der Waals surface area contributed by atoms with Gasteiger partial charge >= 0.3 is 0 Å². The average molecular weight is 439 g/mol. The number of rotatable bonds is 3. The predicted molar refractivity (Wildman–Crippen MR) is 112 cm³/mol. The zero-order valence-electron chi connectivity index (χ0n) is 15.4. The van der Waals surface area contributed by atoms with Crippen LogP contribution in [-0.2, 0) is 10.0 Å². The van der Waals surface area contributed by atoms with Crippen molar-refractivity contribution in [2.75, 3.05) is 19.4 Å². The van der Waals surface area contributed by atoms with Crippen LogP contribution >= 0.6 is 23.2 Å². The summed E-state index contributed by atoms with van der Waals surface area (Å²) in [5.74, 6) is 0.172. The van der Waals surface area contributed by atoms with Crippen molar-refractivity contribution in [1.29, 1.82) is 0 Å². The molecule has 0 amide bonds. The number of halogens is 2. The fourth-order valence-corrected chi connectivity index (χ4v) is 5.52. The first kappa shape index (κ1) is 19.6. The largest absolute Gasteiger partial charge is 0.506 e. The molecule has 0 fully saturated rings. The summed E-state index contributed by atoms with van der Waals surface area (Å²) < 4.78 is 26.3. The molecule has 0 aromatic heterocycles. The van der Waals surface area contributed by atoms with Gasteiger partial charge in [-0.15, -0.1) is 0 Å².